The van der Waals surface area contributed by atoms with Gasteiger partial charge in [0.2, 0.25) is 0 Å². The summed E-state index contributed by atoms with van der Waals surface area (Å²) in [4.78, 5) is 25.2. The molecule has 98 valence electrons. The van der Waals surface area contributed by atoms with Crippen molar-refractivity contribution in [3.63, 3.8) is 0 Å². The number of H-pyrrole nitrogens is 1. The van der Waals surface area contributed by atoms with Crippen LogP contribution in [-0.2, 0) is 0 Å². The molecule has 1 heterocycles. The number of carbonyl (C=O) groups excluding carboxylic acids is 1. The molecule has 0 aliphatic heterocycles. The molecule has 1 aromatic carbocycles. The molecule has 19 heavy (non-hydrogen) atoms. The van der Waals surface area contributed by atoms with Crippen molar-refractivity contribution in [1.29, 1.82) is 0 Å². The number of hydrogen-bond acceptors (Lipinski definition) is 3. The Labute approximate surface area is 117 Å². The van der Waals surface area contributed by atoms with E-state index in [2.05, 4.69) is 26.2 Å². The fraction of sp³-hybridized carbons (Fsp3) is 0.0769. The third-order valence-corrected chi connectivity index (χ3v) is 3.45. The van der Waals surface area contributed by atoms with Crippen LogP contribution in [0.3, 0.4) is 0 Å². The van der Waals surface area contributed by atoms with Crippen molar-refractivity contribution in [3.05, 3.63) is 56.4 Å². The maximum absolute atomic E-state index is 11.9. The van der Waals surface area contributed by atoms with Gasteiger partial charge in [0.05, 0.1) is 5.56 Å². The van der Waals surface area contributed by atoms with Gasteiger partial charge in [-0.05, 0) is 30.7 Å². The zero-order valence-electron chi connectivity index (χ0n) is 10.0. The average Bonchev–Trinajstić information content (AvgIpc) is 2.33. The number of halogens is 1. The van der Waals surface area contributed by atoms with Gasteiger partial charge in [-0.2, -0.15) is 0 Å². The van der Waals surface area contributed by atoms with E-state index < -0.39 is 11.5 Å². The lowest BCUT2D eigenvalue weighted by atomic mass is 10.2. The second-order valence-corrected chi connectivity index (χ2v) is 4.87. The molecule has 3 N–H and O–H groups in total. The van der Waals surface area contributed by atoms with Gasteiger partial charge in [0.15, 0.2) is 0 Å². The monoisotopic (exact) mass is 322 g/mol. The van der Waals surface area contributed by atoms with Crippen LogP contribution in [0, 0.1) is 6.92 Å². The average molecular weight is 323 g/mol. The van der Waals surface area contributed by atoms with Gasteiger partial charge in [0.25, 0.3) is 11.5 Å². The molecular formula is C13H11BrN2O3. The predicted molar refractivity (Wildman–Crippen MR) is 75.6 cm³/mol. The van der Waals surface area contributed by atoms with E-state index in [1.165, 1.54) is 6.20 Å². The first-order chi connectivity index (χ1) is 8.97. The molecule has 0 spiro atoms. The van der Waals surface area contributed by atoms with Crippen molar-refractivity contribution < 1.29 is 9.90 Å². The number of rotatable bonds is 2. The first-order valence-corrected chi connectivity index (χ1v) is 6.26. The number of aryl methyl sites for hydroxylation is 1. The third-order valence-electron chi connectivity index (χ3n) is 2.56. The van der Waals surface area contributed by atoms with Crippen LogP contribution >= 0.6 is 15.9 Å². The molecule has 1 aromatic heterocycles. The lowest BCUT2D eigenvalue weighted by Crippen LogP contribution is -2.15. The fourth-order valence-electron chi connectivity index (χ4n) is 1.56. The number of aromatic nitrogens is 1. The highest BCUT2D eigenvalue weighted by molar-refractivity contribution is 9.10. The minimum Gasteiger partial charge on any atom is -0.507 e. The van der Waals surface area contributed by atoms with Crippen LogP contribution in [0.25, 0.3) is 0 Å². The molecule has 0 aliphatic carbocycles. The largest absolute Gasteiger partial charge is 0.507 e. The van der Waals surface area contributed by atoms with Gasteiger partial charge >= 0.3 is 0 Å². The van der Waals surface area contributed by atoms with E-state index in [9.17, 15) is 14.7 Å². The Morgan fingerprint density at radius 1 is 1.37 bits per heavy atom. The molecule has 1 amide bonds. The summed E-state index contributed by atoms with van der Waals surface area (Å²) in [5.41, 5.74) is 1.13. The first-order valence-electron chi connectivity index (χ1n) is 5.46. The summed E-state index contributed by atoms with van der Waals surface area (Å²) >= 11 is 3.37. The van der Waals surface area contributed by atoms with Gasteiger partial charge in [-0.3, -0.25) is 9.59 Å². The van der Waals surface area contributed by atoms with E-state index in [0.717, 1.165) is 16.1 Å². The fourth-order valence-corrected chi connectivity index (χ4v) is 1.81. The lowest BCUT2D eigenvalue weighted by Gasteiger charge is -2.08. The summed E-state index contributed by atoms with van der Waals surface area (Å²) in [6, 6.07) is 6.31. The number of nitrogens with one attached hydrogen (secondary N) is 2. The highest BCUT2D eigenvalue weighted by Gasteiger charge is 2.12. The molecule has 6 heteroatoms. The van der Waals surface area contributed by atoms with Crippen molar-refractivity contribution in [1.82, 2.24) is 4.98 Å². The van der Waals surface area contributed by atoms with Crippen LogP contribution in [0.2, 0.25) is 0 Å². The van der Waals surface area contributed by atoms with Crippen LogP contribution in [0.4, 0.5) is 5.69 Å². The SMILES string of the molecule is Cc1cc(NC(=O)c2c[nH]c(=O)cc2O)ccc1Br. The summed E-state index contributed by atoms with van der Waals surface area (Å²) in [6.07, 6.45) is 1.18. The summed E-state index contributed by atoms with van der Waals surface area (Å²) in [7, 11) is 0. The highest BCUT2D eigenvalue weighted by Crippen LogP contribution is 2.21. The van der Waals surface area contributed by atoms with E-state index in [1.54, 1.807) is 12.1 Å². The van der Waals surface area contributed by atoms with E-state index in [1.807, 2.05) is 13.0 Å². The quantitative estimate of drug-likeness (QED) is 0.794. The zero-order valence-corrected chi connectivity index (χ0v) is 11.6. The molecular weight excluding hydrogens is 312 g/mol. The third kappa shape index (κ3) is 3.03. The van der Waals surface area contributed by atoms with E-state index in [0.29, 0.717) is 5.69 Å². The van der Waals surface area contributed by atoms with Gasteiger partial charge < -0.3 is 15.4 Å². The Balaban J connectivity index is 2.25. The summed E-state index contributed by atoms with van der Waals surface area (Å²) in [5.74, 6) is -0.842. The Hall–Kier alpha value is -2.08. The summed E-state index contributed by atoms with van der Waals surface area (Å²) < 4.78 is 0.942. The van der Waals surface area contributed by atoms with Crippen molar-refractivity contribution in [2.45, 2.75) is 6.92 Å². The molecule has 0 aliphatic rings. The first kappa shape index (κ1) is 13.4. The molecule has 0 saturated heterocycles. The van der Waals surface area contributed by atoms with Crippen LogP contribution < -0.4 is 10.9 Å². The van der Waals surface area contributed by atoms with Crippen molar-refractivity contribution in [2.75, 3.05) is 5.32 Å². The lowest BCUT2D eigenvalue weighted by molar-refractivity contribution is 0.102. The number of benzene rings is 1. The molecule has 0 bridgehead atoms. The number of hydrogen-bond donors (Lipinski definition) is 3. The number of pyridine rings is 1. The van der Waals surface area contributed by atoms with Gasteiger partial charge in [-0.25, -0.2) is 0 Å². The van der Waals surface area contributed by atoms with Gasteiger partial charge in [0, 0.05) is 22.4 Å². The summed E-state index contributed by atoms with van der Waals surface area (Å²) in [5, 5.41) is 12.2. The van der Waals surface area contributed by atoms with Gasteiger partial charge in [-0.1, -0.05) is 15.9 Å². The Morgan fingerprint density at radius 2 is 2.11 bits per heavy atom. The maximum Gasteiger partial charge on any atom is 0.260 e. The van der Waals surface area contributed by atoms with Gasteiger partial charge in [0.1, 0.15) is 5.75 Å². The Kier molecular flexibility index (Phi) is 3.71. The maximum atomic E-state index is 11.9. The minimum atomic E-state index is -0.490. The van der Waals surface area contributed by atoms with Crippen LogP contribution in [-0.4, -0.2) is 16.0 Å². The van der Waals surface area contributed by atoms with E-state index in [4.69, 9.17) is 0 Å². The Bertz CT molecular complexity index is 695. The second kappa shape index (κ2) is 5.27. The number of aromatic amines is 1. The smallest absolute Gasteiger partial charge is 0.260 e. The molecule has 0 unspecified atom stereocenters. The highest BCUT2D eigenvalue weighted by atomic mass is 79.9. The molecule has 0 fully saturated rings. The van der Waals surface area contributed by atoms with Gasteiger partial charge in [-0.15, -0.1) is 0 Å². The minimum absolute atomic E-state index is 0.0140. The Morgan fingerprint density at radius 3 is 2.74 bits per heavy atom. The molecule has 0 saturated carbocycles. The molecule has 0 radical (unpaired) electrons. The van der Waals surface area contributed by atoms with Crippen molar-refractivity contribution in [2.24, 2.45) is 0 Å². The van der Waals surface area contributed by atoms with Crippen LogP contribution in [0.1, 0.15) is 15.9 Å². The second-order valence-electron chi connectivity index (χ2n) is 4.01. The number of amides is 1. The van der Waals surface area contributed by atoms with E-state index in [-0.39, 0.29) is 11.3 Å². The topological polar surface area (TPSA) is 82.2 Å². The molecule has 2 rings (SSSR count). The zero-order chi connectivity index (χ0) is 14.0. The van der Waals surface area contributed by atoms with Crippen molar-refractivity contribution >= 4 is 27.5 Å². The molecule has 0 atom stereocenters. The van der Waals surface area contributed by atoms with Crippen LogP contribution in [0.5, 0.6) is 5.75 Å². The van der Waals surface area contributed by atoms with Crippen molar-refractivity contribution in [3.8, 4) is 5.75 Å². The molecule has 5 nitrogen and oxygen atoms in total. The molecule has 2 aromatic rings. The van der Waals surface area contributed by atoms with E-state index >= 15 is 0 Å². The number of anilines is 1. The normalized spacial score (nSPS) is 10.2. The summed E-state index contributed by atoms with van der Waals surface area (Å²) in [6.45, 7) is 1.90. The predicted octanol–water partition coefficient (Wildman–Crippen LogP) is 2.40. The number of aromatic hydroxyl groups is 1. The standard InChI is InChI=1S/C13H11BrN2O3/c1-7-4-8(2-3-10(7)14)16-13(19)9-6-15-12(18)5-11(9)17/h2-6H,1H3,(H,16,19)(H2,15,17,18). The van der Waals surface area contributed by atoms with Crippen LogP contribution in [0.15, 0.2) is 39.7 Å². The number of carbonyl (C=O) groups is 1.